The van der Waals surface area contributed by atoms with Gasteiger partial charge in [0.25, 0.3) is 5.91 Å². The summed E-state index contributed by atoms with van der Waals surface area (Å²) in [7, 11) is 1.57. The van der Waals surface area contributed by atoms with Crippen molar-refractivity contribution in [1.82, 2.24) is 4.90 Å². The summed E-state index contributed by atoms with van der Waals surface area (Å²) in [5.41, 5.74) is 2.10. The van der Waals surface area contributed by atoms with Gasteiger partial charge in [0, 0.05) is 30.7 Å². The number of fused-ring (bicyclic) bond motifs is 1. The van der Waals surface area contributed by atoms with E-state index < -0.39 is 17.8 Å². The molecule has 5 nitrogen and oxygen atoms in total. The lowest BCUT2D eigenvalue weighted by Crippen LogP contribution is -2.28. The van der Waals surface area contributed by atoms with Crippen LogP contribution in [0.3, 0.4) is 0 Å². The second-order valence-corrected chi connectivity index (χ2v) is 9.50. The Kier molecular flexibility index (Phi) is 6.46. The van der Waals surface area contributed by atoms with E-state index in [1.807, 2.05) is 34.7 Å². The van der Waals surface area contributed by atoms with E-state index in [4.69, 9.17) is 16.3 Å². The highest BCUT2D eigenvalue weighted by molar-refractivity contribution is 14.1. The fourth-order valence-corrected chi connectivity index (χ4v) is 5.60. The van der Waals surface area contributed by atoms with Crippen molar-refractivity contribution in [2.45, 2.75) is 12.6 Å². The molecule has 0 aromatic heterocycles. The van der Waals surface area contributed by atoms with Crippen molar-refractivity contribution in [2.75, 3.05) is 7.11 Å². The predicted molar refractivity (Wildman–Crippen MR) is 130 cm³/mol. The molecule has 0 saturated heterocycles. The normalized spacial score (nSPS) is 15.1. The SMILES string of the molecule is COc1ccc(CN2C(=O)c3c(I)c(C(=O)O)cc(Br)c3C2c2cc(F)ccc2Cl)cc1. The molecule has 0 aliphatic carbocycles. The van der Waals surface area contributed by atoms with Crippen molar-refractivity contribution in [3.8, 4) is 5.75 Å². The first-order chi connectivity index (χ1) is 15.2. The Morgan fingerprint density at radius 1 is 1.25 bits per heavy atom. The summed E-state index contributed by atoms with van der Waals surface area (Å²) in [6.45, 7) is 0.208. The molecule has 0 spiro atoms. The quantitative estimate of drug-likeness (QED) is 0.337. The van der Waals surface area contributed by atoms with Crippen molar-refractivity contribution in [3.63, 3.8) is 0 Å². The predicted octanol–water partition coefficient (Wildman–Crippen LogP) is 6.30. The molecule has 3 aromatic carbocycles. The Labute approximate surface area is 210 Å². The Morgan fingerprint density at radius 2 is 1.94 bits per heavy atom. The summed E-state index contributed by atoms with van der Waals surface area (Å²) < 4.78 is 20.2. The van der Waals surface area contributed by atoms with Crippen molar-refractivity contribution in [1.29, 1.82) is 0 Å². The molecule has 9 heteroatoms. The van der Waals surface area contributed by atoms with E-state index >= 15 is 0 Å². The van der Waals surface area contributed by atoms with E-state index in [-0.39, 0.29) is 23.6 Å². The summed E-state index contributed by atoms with van der Waals surface area (Å²) in [4.78, 5) is 26.9. The van der Waals surface area contributed by atoms with Crippen LogP contribution in [-0.4, -0.2) is 29.0 Å². The third kappa shape index (κ3) is 3.99. The molecule has 4 rings (SSSR count). The maximum atomic E-state index is 14.2. The van der Waals surface area contributed by atoms with E-state index in [1.165, 1.54) is 24.3 Å². The molecule has 1 heterocycles. The molecule has 1 N–H and O–H groups in total. The first-order valence-electron chi connectivity index (χ1n) is 9.37. The third-order valence-electron chi connectivity index (χ3n) is 5.31. The second-order valence-electron chi connectivity index (χ2n) is 7.16. The largest absolute Gasteiger partial charge is 0.497 e. The minimum atomic E-state index is -1.14. The van der Waals surface area contributed by atoms with Gasteiger partial charge >= 0.3 is 5.97 Å². The van der Waals surface area contributed by atoms with E-state index in [1.54, 1.807) is 24.1 Å². The maximum Gasteiger partial charge on any atom is 0.336 e. The van der Waals surface area contributed by atoms with Crippen LogP contribution in [0.1, 0.15) is 43.4 Å². The minimum Gasteiger partial charge on any atom is -0.497 e. The van der Waals surface area contributed by atoms with E-state index in [0.29, 0.717) is 29.9 Å². The molecule has 1 atom stereocenters. The van der Waals surface area contributed by atoms with Gasteiger partial charge in [0.05, 0.1) is 24.3 Å². The number of carboxylic acids is 1. The van der Waals surface area contributed by atoms with Crippen LogP contribution in [-0.2, 0) is 6.54 Å². The van der Waals surface area contributed by atoms with Gasteiger partial charge in [-0.3, -0.25) is 4.79 Å². The van der Waals surface area contributed by atoms with Gasteiger partial charge in [0.15, 0.2) is 0 Å². The van der Waals surface area contributed by atoms with Crippen molar-refractivity contribution in [3.05, 3.63) is 95.2 Å². The highest BCUT2D eigenvalue weighted by atomic mass is 127. The lowest BCUT2D eigenvalue weighted by Gasteiger charge is -2.27. The first-order valence-corrected chi connectivity index (χ1v) is 11.6. The fraction of sp³-hybridized carbons (Fsp3) is 0.130. The van der Waals surface area contributed by atoms with Gasteiger partial charge in [-0.15, -0.1) is 0 Å². The molecule has 0 bridgehead atoms. The summed E-state index contributed by atoms with van der Waals surface area (Å²) in [6, 6.07) is 12.0. The van der Waals surface area contributed by atoms with Gasteiger partial charge in [0.1, 0.15) is 11.6 Å². The number of carboxylic acid groups (broad SMARTS) is 1. The number of nitrogens with zero attached hydrogens (tertiary/aromatic N) is 1. The standard InChI is InChI=1S/C23H15BrClFINO4/c1-32-13-5-2-11(3-6-13)10-28-21(14-8-12(26)4-7-17(14)25)18-16(24)9-15(23(30)31)20(27)19(18)22(28)29/h2-9,21H,10H2,1H3,(H,30,31). The molecule has 1 amide bonds. The molecule has 0 fully saturated rings. The molecule has 164 valence electrons. The van der Waals surface area contributed by atoms with Gasteiger partial charge in [0.2, 0.25) is 0 Å². The van der Waals surface area contributed by atoms with Crippen molar-refractivity contribution >= 4 is 62.0 Å². The minimum absolute atomic E-state index is 0.0139. The van der Waals surface area contributed by atoms with Crippen LogP contribution in [0.5, 0.6) is 5.75 Å². The van der Waals surface area contributed by atoms with Gasteiger partial charge < -0.3 is 14.7 Å². The van der Waals surface area contributed by atoms with Crippen LogP contribution in [0.15, 0.2) is 53.0 Å². The third-order valence-corrected chi connectivity index (χ3v) is 7.43. The zero-order valence-corrected chi connectivity index (χ0v) is 21.0. The molecule has 1 aliphatic rings. The smallest absolute Gasteiger partial charge is 0.336 e. The summed E-state index contributed by atoms with van der Waals surface area (Å²) in [5.74, 6) is -1.30. The molecule has 1 aliphatic heterocycles. The number of ether oxygens (including phenoxy) is 1. The summed E-state index contributed by atoms with van der Waals surface area (Å²) in [6.07, 6.45) is 0. The van der Waals surface area contributed by atoms with Crippen molar-refractivity contribution in [2.24, 2.45) is 0 Å². The number of carbonyl (C=O) groups excluding carboxylic acids is 1. The molecule has 0 radical (unpaired) electrons. The molecular weight excluding hydrogens is 616 g/mol. The molecular formula is C23H15BrClFINO4. The average Bonchev–Trinajstić information content (AvgIpc) is 3.05. The van der Waals surface area contributed by atoms with Crippen LogP contribution < -0.4 is 4.74 Å². The van der Waals surface area contributed by atoms with Crippen LogP contribution in [0.25, 0.3) is 0 Å². The average molecular weight is 631 g/mol. The topological polar surface area (TPSA) is 66.8 Å². The Balaban J connectivity index is 1.92. The number of amides is 1. The number of carbonyl (C=O) groups is 2. The van der Waals surface area contributed by atoms with Gasteiger partial charge in [-0.1, -0.05) is 39.7 Å². The number of methoxy groups -OCH3 is 1. The molecule has 3 aromatic rings. The fourth-order valence-electron chi connectivity index (χ4n) is 3.83. The van der Waals surface area contributed by atoms with Crippen LogP contribution in [0.4, 0.5) is 4.39 Å². The number of hydrogen-bond donors (Lipinski definition) is 1. The lowest BCUT2D eigenvalue weighted by atomic mass is 9.96. The van der Waals surface area contributed by atoms with Gasteiger partial charge in [-0.25, -0.2) is 9.18 Å². The number of rotatable bonds is 5. The van der Waals surface area contributed by atoms with Crippen molar-refractivity contribution < 1.29 is 23.8 Å². The second kappa shape index (κ2) is 8.99. The van der Waals surface area contributed by atoms with E-state index in [0.717, 1.165) is 5.56 Å². The van der Waals surface area contributed by atoms with E-state index in [9.17, 15) is 19.1 Å². The number of halogens is 4. The zero-order valence-electron chi connectivity index (χ0n) is 16.5. The molecule has 1 unspecified atom stereocenters. The van der Waals surface area contributed by atoms with Gasteiger partial charge in [-0.05, 0) is 64.6 Å². The summed E-state index contributed by atoms with van der Waals surface area (Å²) in [5, 5.41) is 9.89. The summed E-state index contributed by atoms with van der Waals surface area (Å²) >= 11 is 11.8. The molecule has 32 heavy (non-hydrogen) atoms. The highest BCUT2D eigenvalue weighted by Gasteiger charge is 2.43. The van der Waals surface area contributed by atoms with Crippen LogP contribution in [0, 0.1) is 9.39 Å². The Hall–Kier alpha value is -2.17. The van der Waals surface area contributed by atoms with Crippen LogP contribution in [0.2, 0.25) is 5.02 Å². The number of aromatic carboxylic acids is 1. The monoisotopic (exact) mass is 629 g/mol. The van der Waals surface area contributed by atoms with Crippen LogP contribution >= 0.6 is 50.1 Å². The lowest BCUT2D eigenvalue weighted by molar-refractivity contribution is 0.0695. The zero-order chi connectivity index (χ0) is 23.2. The first kappa shape index (κ1) is 23.0. The van der Waals surface area contributed by atoms with Gasteiger partial charge in [-0.2, -0.15) is 0 Å². The van der Waals surface area contributed by atoms with E-state index in [2.05, 4.69) is 15.9 Å². The molecule has 0 saturated carbocycles. The maximum absolute atomic E-state index is 14.2. The highest BCUT2D eigenvalue weighted by Crippen LogP contribution is 2.47. The Morgan fingerprint density at radius 3 is 2.56 bits per heavy atom. The number of hydrogen-bond acceptors (Lipinski definition) is 3. The Bertz CT molecular complexity index is 1250. The number of benzene rings is 3.